The highest BCUT2D eigenvalue weighted by atomic mass is 32.2. The van der Waals surface area contributed by atoms with Crippen LogP contribution in [0, 0.1) is 43.4 Å². The molecule has 0 aliphatic rings. The zero-order valence-corrected chi connectivity index (χ0v) is 20.3. The molecule has 0 radical (unpaired) electrons. The zero-order valence-electron chi connectivity index (χ0n) is 19.5. The number of Topliss-reactive ketones (excluding diaryl/α,β-unsaturated/α-hetero) is 1. The van der Waals surface area contributed by atoms with Crippen LogP contribution in [-0.4, -0.2) is 34.1 Å². The third kappa shape index (κ3) is 4.80. The fourth-order valence-electron chi connectivity index (χ4n) is 3.55. The molecule has 0 fully saturated rings. The number of carbonyl (C=O) groups excluding carboxylic acids is 2. The summed E-state index contributed by atoms with van der Waals surface area (Å²) in [5, 5.41) is 22.4. The van der Waals surface area contributed by atoms with E-state index in [4.69, 9.17) is 4.74 Å². The largest absolute Gasteiger partial charge is 0.497 e. The van der Waals surface area contributed by atoms with Gasteiger partial charge in [-0.05, 0) is 63.6 Å². The molecule has 3 aromatic rings. The van der Waals surface area contributed by atoms with Crippen molar-refractivity contribution in [2.75, 3.05) is 18.2 Å². The van der Waals surface area contributed by atoms with Crippen LogP contribution in [0.15, 0.2) is 35.4 Å². The Kier molecular flexibility index (Phi) is 7.40. The van der Waals surface area contributed by atoms with E-state index in [-0.39, 0.29) is 23.0 Å². The van der Waals surface area contributed by atoms with Crippen molar-refractivity contribution >= 4 is 29.3 Å². The number of hydrogen-bond acceptors (Lipinski definition) is 7. The van der Waals surface area contributed by atoms with Gasteiger partial charge >= 0.3 is 0 Å². The minimum absolute atomic E-state index is 0.0305. The molecular formula is C25H23N5O3S. The molecule has 0 aliphatic carbocycles. The van der Waals surface area contributed by atoms with E-state index in [1.807, 2.05) is 36.6 Å². The van der Waals surface area contributed by atoms with E-state index in [0.717, 1.165) is 28.7 Å². The number of rotatable bonds is 7. The maximum atomic E-state index is 12.9. The number of nitriles is 2. The van der Waals surface area contributed by atoms with Gasteiger partial charge in [0.2, 0.25) is 5.91 Å². The highest BCUT2D eigenvalue weighted by Gasteiger charge is 2.21. The number of ketones is 1. The molecule has 0 saturated carbocycles. The Hall–Kier alpha value is -4.08. The number of anilines is 1. The average molecular weight is 474 g/mol. The van der Waals surface area contributed by atoms with E-state index in [1.165, 1.54) is 13.0 Å². The van der Waals surface area contributed by atoms with Crippen LogP contribution < -0.4 is 10.1 Å². The minimum atomic E-state index is -0.354. The minimum Gasteiger partial charge on any atom is -0.497 e. The van der Waals surface area contributed by atoms with Crippen molar-refractivity contribution in [1.82, 2.24) is 9.55 Å². The number of hydrogen-bond donors (Lipinski definition) is 1. The molecule has 1 aromatic carbocycles. The average Bonchev–Trinajstić information content (AvgIpc) is 3.06. The van der Waals surface area contributed by atoms with Gasteiger partial charge in [0.1, 0.15) is 28.7 Å². The van der Waals surface area contributed by atoms with Gasteiger partial charge in [-0.25, -0.2) is 4.98 Å². The van der Waals surface area contributed by atoms with Crippen molar-refractivity contribution in [2.24, 2.45) is 0 Å². The first-order valence-electron chi connectivity index (χ1n) is 10.3. The third-order valence-electron chi connectivity index (χ3n) is 5.43. The summed E-state index contributed by atoms with van der Waals surface area (Å²) < 4.78 is 7.04. The number of ether oxygens (including phenoxy) is 1. The van der Waals surface area contributed by atoms with Crippen molar-refractivity contribution < 1.29 is 14.3 Å². The Morgan fingerprint density at radius 2 is 1.82 bits per heavy atom. The molecule has 3 rings (SSSR count). The topological polar surface area (TPSA) is 121 Å². The first kappa shape index (κ1) is 24.6. The number of benzene rings is 1. The second kappa shape index (κ2) is 10.2. The van der Waals surface area contributed by atoms with E-state index in [9.17, 15) is 20.1 Å². The van der Waals surface area contributed by atoms with E-state index in [0.29, 0.717) is 33.4 Å². The molecule has 8 nitrogen and oxygen atoms in total. The molecule has 0 spiro atoms. The van der Waals surface area contributed by atoms with Gasteiger partial charge in [-0.2, -0.15) is 10.5 Å². The van der Waals surface area contributed by atoms with Crippen LogP contribution in [-0.2, 0) is 4.79 Å². The summed E-state index contributed by atoms with van der Waals surface area (Å²) in [6.07, 6.45) is 0. The van der Waals surface area contributed by atoms with Gasteiger partial charge in [-0.3, -0.25) is 14.2 Å². The summed E-state index contributed by atoms with van der Waals surface area (Å²) in [5.41, 5.74) is 3.87. The summed E-state index contributed by atoms with van der Waals surface area (Å²) in [6.45, 7) is 6.82. The van der Waals surface area contributed by atoms with Crippen molar-refractivity contribution in [3.05, 3.63) is 64.0 Å². The Balaban J connectivity index is 1.89. The number of aromatic nitrogens is 2. The summed E-state index contributed by atoms with van der Waals surface area (Å²) >= 11 is 1.10. The molecule has 1 amide bonds. The Bertz CT molecular complexity index is 1360. The van der Waals surface area contributed by atoms with E-state index in [2.05, 4.69) is 16.4 Å². The zero-order chi connectivity index (χ0) is 25.0. The quantitative estimate of drug-likeness (QED) is 0.396. The van der Waals surface area contributed by atoms with Crippen LogP contribution in [0.1, 0.15) is 45.4 Å². The smallest absolute Gasteiger partial charge is 0.235 e. The number of amides is 1. The summed E-state index contributed by atoms with van der Waals surface area (Å²) in [7, 11) is 1.58. The van der Waals surface area contributed by atoms with Crippen molar-refractivity contribution in [3.8, 4) is 23.6 Å². The standard InChI is InChI=1S/C25H23N5O3S/c1-14-16(3)30(19-6-8-20(33-5)9-7-19)24(22(14)12-27)29-23(32)13-34-25-18(11-26)10-21(17(4)31)15(2)28-25/h6-10H,13H2,1-5H3,(H,29,32). The first-order chi connectivity index (χ1) is 16.2. The molecule has 1 N–H and O–H groups in total. The summed E-state index contributed by atoms with van der Waals surface area (Å²) in [5.74, 6) is 0.513. The lowest BCUT2D eigenvalue weighted by atomic mass is 10.1. The second-order valence-corrected chi connectivity index (χ2v) is 8.52. The molecular weight excluding hydrogens is 450 g/mol. The summed E-state index contributed by atoms with van der Waals surface area (Å²) in [6, 6.07) is 13.0. The lowest BCUT2D eigenvalue weighted by molar-refractivity contribution is -0.113. The van der Waals surface area contributed by atoms with Crippen LogP contribution >= 0.6 is 11.8 Å². The molecule has 0 saturated heterocycles. The molecule has 172 valence electrons. The predicted molar refractivity (Wildman–Crippen MR) is 130 cm³/mol. The molecule has 34 heavy (non-hydrogen) atoms. The fraction of sp³-hybridized carbons (Fsp3) is 0.240. The SMILES string of the molecule is COc1ccc(-n2c(C)c(C)c(C#N)c2NC(=O)CSc2nc(C)c(C(C)=O)cc2C#N)cc1. The van der Waals surface area contributed by atoms with Crippen LogP contribution in [0.4, 0.5) is 5.82 Å². The Morgan fingerprint density at radius 3 is 2.38 bits per heavy atom. The maximum absolute atomic E-state index is 12.9. The summed E-state index contributed by atoms with van der Waals surface area (Å²) in [4.78, 5) is 29.0. The van der Waals surface area contributed by atoms with Gasteiger partial charge in [-0.15, -0.1) is 0 Å². The molecule has 0 aliphatic heterocycles. The molecule has 0 atom stereocenters. The number of aryl methyl sites for hydroxylation is 1. The van der Waals surface area contributed by atoms with E-state index >= 15 is 0 Å². The van der Waals surface area contributed by atoms with Gasteiger partial charge in [-0.1, -0.05) is 11.8 Å². The van der Waals surface area contributed by atoms with Crippen LogP contribution in [0.5, 0.6) is 5.75 Å². The van der Waals surface area contributed by atoms with Crippen molar-refractivity contribution in [1.29, 1.82) is 10.5 Å². The predicted octanol–water partition coefficient (Wildman–Crippen LogP) is 4.48. The molecule has 0 unspecified atom stereocenters. The first-order valence-corrected chi connectivity index (χ1v) is 11.3. The lowest BCUT2D eigenvalue weighted by Crippen LogP contribution is -2.18. The number of pyridine rings is 1. The van der Waals surface area contributed by atoms with Gasteiger partial charge in [0.15, 0.2) is 5.78 Å². The van der Waals surface area contributed by atoms with E-state index < -0.39 is 0 Å². The fourth-order valence-corrected chi connectivity index (χ4v) is 4.35. The van der Waals surface area contributed by atoms with Crippen LogP contribution in [0.25, 0.3) is 5.69 Å². The van der Waals surface area contributed by atoms with Gasteiger partial charge in [0.25, 0.3) is 0 Å². The van der Waals surface area contributed by atoms with Gasteiger partial charge in [0, 0.05) is 22.6 Å². The van der Waals surface area contributed by atoms with Gasteiger partial charge < -0.3 is 10.1 Å². The van der Waals surface area contributed by atoms with Crippen LogP contribution in [0.3, 0.4) is 0 Å². The number of nitrogens with one attached hydrogen (secondary N) is 1. The molecule has 2 heterocycles. The number of nitrogens with zero attached hydrogens (tertiary/aromatic N) is 4. The molecule has 2 aromatic heterocycles. The highest BCUT2D eigenvalue weighted by Crippen LogP contribution is 2.31. The van der Waals surface area contributed by atoms with Crippen LogP contribution in [0.2, 0.25) is 0 Å². The van der Waals surface area contributed by atoms with E-state index in [1.54, 1.807) is 26.2 Å². The Labute approximate surface area is 202 Å². The maximum Gasteiger partial charge on any atom is 0.235 e. The second-order valence-electron chi connectivity index (χ2n) is 7.56. The molecule has 0 bridgehead atoms. The van der Waals surface area contributed by atoms with Crippen molar-refractivity contribution in [2.45, 2.75) is 32.7 Å². The lowest BCUT2D eigenvalue weighted by Gasteiger charge is -2.14. The van der Waals surface area contributed by atoms with Crippen molar-refractivity contribution in [3.63, 3.8) is 0 Å². The normalized spacial score (nSPS) is 10.3. The van der Waals surface area contributed by atoms with Gasteiger partial charge in [0.05, 0.1) is 24.0 Å². The number of methoxy groups -OCH3 is 1. The molecule has 9 heteroatoms. The Morgan fingerprint density at radius 1 is 1.15 bits per heavy atom. The number of thioether (sulfide) groups is 1. The third-order valence-corrected chi connectivity index (χ3v) is 6.42. The monoisotopic (exact) mass is 473 g/mol. The number of carbonyl (C=O) groups is 2. The highest BCUT2D eigenvalue weighted by molar-refractivity contribution is 8.00.